The van der Waals surface area contributed by atoms with Crippen LogP contribution in [0.15, 0.2) is 24.3 Å². The van der Waals surface area contributed by atoms with Crippen molar-refractivity contribution < 1.29 is 28.8 Å². The normalized spacial score (nSPS) is 21.3. The van der Waals surface area contributed by atoms with E-state index >= 15 is 0 Å². The predicted octanol–water partition coefficient (Wildman–Crippen LogP) is 0.178. The lowest BCUT2D eigenvalue weighted by Gasteiger charge is -2.37. The molecule has 1 N–H and O–H groups in total. The van der Waals surface area contributed by atoms with Crippen LogP contribution in [0.5, 0.6) is 5.75 Å². The van der Waals surface area contributed by atoms with E-state index in [9.17, 15) is 9.90 Å². The van der Waals surface area contributed by atoms with Gasteiger partial charge in [0, 0.05) is 65.0 Å². The molecule has 2 unspecified atom stereocenters. The van der Waals surface area contributed by atoms with Crippen molar-refractivity contribution in [1.82, 2.24) is 14.7 Å². The Bertz CT molecular complexity index is 683. The fraction of sp³-hybridized carbons (Fsp3) is 0.696. The number of hydrogen-bond donors (Lipinski definition) is 1. The van der Waals surface area contributed by atoms with Crippen LogP contribution in [0.2, 0.25) is 0 Å². The molecule has 1 aromatic carbocycles. The number of morpholine rings is 2. The molecule has 0 radical (unpaired) electrons. The summed E-state index contributed by atoms with van der Waals surface area (Å²) in [6, 6.07) is 7.13. The molecule has 3 rings (SSSR count). The first-order chi connectivity index (χ1) is 15.6. The third-order valence-electron chi connectivity index (χ3n) is 5.88. The second-order valence-electron chi connectivity index (χ2n) is 8.29. The van der Waals surface area contributed by atoms with Gasteiger partial charge in [-0.1, -0.05) is 0 Å². The van der Waals surface area contributed by atoms with E-state index < -0.39 is 6.10 Å². The summed E-state index contributed by atoms with van der Waals surface area (Å²) in [5.41, 5.74) is 0.607. The summed E-state index contributed by atoms with van der Waals surface area (Å²) in [7, 11) is 3.23. The van der Waals surface area contributed by atoms with Gasteiger partial charge in [-0.15, -0.1) is 0 Å². The Morgan fingerprint density at radius 3 is 2.50 bits per heavy atom. The Morgan fingerprint density at radius 1 is 1.12 bits per heavy atom. The number of rotatable bonds is 11. The highest BCUT2D eigenvalue weighted by Crippen LogP contribution is 2.15. The van der Waals surface area contributed by atoms with Gasteiger partial charge in [-0.2, -0.15) is 0 Å². The maximum absolute atomic E-state index is 13.1. The van der Waals surface area contributed by atoms with Gasteiger partial charge < -0.3 is 29.0 Å². The number of methoxy groups -OCH3 is 2. The monoisotopic (exact) mass is 451 g/mol. The average molecular weight is 452 g/mol. The Balaban J connectivity index is 1.53. The molecule has 2 atom stereocenters. The first kappa shape index (κ1) is 24.9. The van der Waals surface area contributed by atoms with Crippen LogP contribution in [0.4, 0.5) is 0 Å². The van der Waals surface area contributed by atoms with E-state index in [1.165, 1.54) is 0 Å². The van der Waals surface area contributed by atoms with Crippen LogP contribution in [0.25, 0.3) is 0 Å². The van der Waals surface area contributed by atoms with E-state index in [4.69, 9.17) is 18.9 Å². The topological polar surface area (TPSA) is 83.9 Å². The highest BCUT2D eigenvalue weighted by atomic mass is 16.5. The van der Waals surface area contributed by atoms with Gasteiger partial charge in [-0.05, 0) is 24.3 Å². The first-order valence-corrected chi connectivity index (χ1v) is 11.3. The minimum atomic E-state index is -0.419. The lowest BCUT2D eigenvalue weighted by Crippen LogP contribution is -2.52. The van der Waals surface area contributed by atoms with Crippen molar-refractivity contribution in [3.63, 3.8) is 0 Å². The number of amides is 1. The summed E-state index contributed by atoms with van der Waals surface area (Å²) in [5, 5.41) is 10.6. The van der Waals surface area contributed by atoms with Crippen molar-refractivity contribution in [1.29, 1.82) is 0 Å². The molecule has 1 aromatic rings. The highest BCUT2D eigenvalue weighted by molar-refractivity contribution is 5.94. The number of carbonyl (C=O) groups is 1. The molecule has 1 amide bonds. The van der Waals surface area contributed by atoms with Gasteiger partial charge in [0.1, 0.15) is 5.75 Å². The number of hydrogen-bond acceptors (Lipinski definition) is 8. The number of carbonyl (C=O) groups excluding carboxylic acids is 1. The van der Waals surface area contributed by atoms with Gasteiger partial charge in [-0.3, -0.25) is 14.6 Å². The zero-order chi connectivity index (χ0) is 22.8. The molecule has 0 aliphatic carbocycles. The Labute approximate surface area is 190 Å². The van der Waals surface area contributed by atoms with Crippen LogP contribution in [-0.2, 0) is 14.2 Å². The van der Waals surface area contributed by atoms with Crippen molar-refractivity contribution in [3.8, 4) is 5.75 Å². The molecule has 0 saturated carbocycles. The maximum Gasteiger partial charge on any atom is 0.254 e. The largest absolute Gasteiger partial charge is 0.497 e. The Morgan fingerprint density at radius 2 is 1.81 bits per heavy atom. The second kappa shape index (κ2) is 13.1. The third kappa shape index (κ3) is 7.68. The minimum Gasteiger partial charge on any atom is -0.497 e. The number of aliphatic hydroxyl groups excluding tert-OH is 1. The first-order valence-electron chi connectivity index (χ1n) is 11.3. The molecule has 2 fully saturated rings. The Hall–Kier alpha value is -1.75. The van der Waals surface area contributed by atoms with E-state index in [0.717, 1.165) is 32.8 Å². The van der Waals surface area contributed by atoms with Crippen molar-refractivity contribution in [2.45, 2.75) is 12.2 Å². The summed E-state index contributed by atoms with van der Waals surface area (Å²) < 4.78 is 21.7. The van der Waals surface area contributed by atoms with Crippen LogP contribution >= 0.6 is 0 Å². The Kier molecular flexibility index (Phi) is 10.2. The molecule has 9 heteroatoms. The third-order valence-corrected chi connectivity index (χ3v) is 5.88. The lowest BCUT2D eigenvalue weighted by atomic mass is 10.1. The number of benzene rings is 1. The molecule has 180 valence electrons. The minimum absolute atomic E-state index is 0.0576. The van der Waals surface area contributed by atoms with E-state index in [1.54, 1.807) is 43.4 Å². The highest BCUT2D eigenvalue weighted by Gasteiger charge is 2.27. The van der Waals surface area contributed by atoms with Crippen molar-refractivity contribution >= 4 is 5.91 Å². The number of β-amino-alcohol motifs (C(OH)–C–C–N with tert-alkyl or cyclic N) is 1. The predicted molar refractivity (Wildman–Crippen MR) is 120 cm³/mol. The van der Waals surface area contributed by atoms with Crippen molar-refractivity contribution in [2.75, 3.05) is 93.0 Å². The molecule has 2 heterocycles. The molecule has 0 spiro atoms. The van der Waals surface area contributed by atoms with Gasteiger partial charge in [0.2, 0.25) is 0 Å². The fourth-order valence-electron chi connectivity index (χ4n) is 4.13. The van der Waals surface area contributed by atoms with E-state index in [0.29, 0.717) is 57.3 Å². The van der Waals surface area contributed by atoms with Gasteiger partial charge in [-0.25, -0.2) is 0 Å². The molecular formula is C23H37N3O6. The summed E-state index contributed by atoms with van der Waals surface area (Å²) in [6.45, 7) is 7.91. The summed E-state index contributed by atoms with van der Waals surface area (Å²) in [6.07, 6.45) is -0.532. The fourth-order valence-corrected chi connectivity index (χ4v) is 4.13. The van der Waals surface area contributed by atoms with Crippen LogP contribution in [0, 0.1) is 0 Å². The maximum atomic E-state index is 13.1. The summed E-state index contributed by atoms with van der Waals surface area (Å²) in [5.74, 6) is 0.657. The van der Waals surface area contributed by atoms with Crippen LogP contribution in [0.1, 0.15) is 10.4 Å². The molecule has 0 aromatic heterocycles. The number of nitrogens with zero attached hydrogens (tertiary/aromatic N) is 3. The summed E-state index contributed by atoms with van der Waals surface area (Å²) >= 11 is 0. The number of aliphatic hydroxyl groups is 1. The van der Waals surface area contributed by atoms with Gasteiger partial charge in [0.05, 0.1) is 45.7 Å². The van der Waals surface area contributed by atoms with Crippen molar-refractivity contribution in [2.24, 2.45) is 0 Å². The van der Waals surface area contributed by atoms with Gasteiger partial charge >= 0.3 is 0 Å². The molecule has 2 aliphatic heterocycles. The van der Waals surface area contributed by atoms with E-state index in [2.05, 4.69) is 9.80 Å². The molecular weight excluding hydrogens is 414 g/mol. The second-order valence-corrected chi connectivity index (χ2v) is 8.29. The average Bonchev–Trinajstić information content (AvgIpc) is 2.82. The zero-order valence-corrected chi connectivity index (χ0v) is 19.3. The smallest absolute Gasteiger partial charge is 0.254 e. The van der Waals surface area contributed by atoms with Gasteiger partial charge in [0.15, 0.2) is 0 Å². The quantitative estimate of drug-likeness (QED) is 0.510. The molecule has 32 heavy (non-hydrogen) atoms. The molecule has 9 nitrogen and oxygen atoms in total. The summed E-state index contributed by atoms with van der Waals surface area (Å²) in [4.78, 5) is 19.4. The van der Waals surface area contributed by atoms with E-state index in [1.807, 2.05) is 0 Å². The SMILES string of the molecule is COCCN(CC1CN(CC(O)CN2CCOCC2)CCO1)C(=O)c1ccc(OC)cc1. The zero-order valence-electron chi connectivity index (χ0n) is 19.3. The van der Waals surface area contributed by atoms with Crippen LogP contribution in [-0.4, -0.2) is 131 Å². The van der Waals surface area contributed by atoms with E-state index in [-0.39, 0.29) is 12.0 Å². The van der Waals surface area contributed by atoms with Crippen molar-refractivity contribution in [3.05, 3.63) is 29.8 Å². The number of ether oxygens (including phenoxy) is 4. The standard InChI is InChI=1S/C23H37N3O6/c1-29-11-10-26(23(28)19-3-5-21(30-2)6-4-19)18-22-17-25(9-14-32-22)16-20(27)15-24-7-12-31-13-8-24/h3-6,20,22,27H,7-18H2,1-2H3. The van der Waals surface area contributed by atoms with Crippen LogP contribution in [0.3, 0.4) is 0 Å². The molecule has 0 bridgehead atoms. The van der Waals surface area contributed by atoms with Crippen LogP contribution < -0.4 is 4.74 Å². The van der Waals surface area contributed by atoms with Gasteiger partial charge in [0.25, 0.3) is 5.91 Å². The lowest BCUT2D eigenvalue weighted by molar-refractivity contribution is -0.0564. The molecule has 2 saturated heterocycles. The molecule has 2 aliphatic rings.